The zero-order valence-corrected chi connectivity index (χ0v) is 15.4. The van der Waals surface area contributed by atoms with Crippen LogP contribution in [0.25, 0.3) is 5.52 Å². The van der Waals surface area contributed by atoms with Gasteiger partial charge < -0.3 is 4.40 Å². The Morgan fingerprint density at radius 1 is 1.20 bits per heavy atom. The molecule has 0 aliphatic heterocycles. The van der Waals surface area contributed by atoms with Gasteiger partial charge in [-0.2, -0.15) is 5.26 Å². The number of thioether (sulfide) groups is 1. The molecule has 3 rings (SSSR count). The molecule has 0 saturated carbocycles. The summed E-state index contributed by atoms with van der Waals surface area (Å²) in [6.45, 7) is 2.21. The molecular weight excluding hydrogens is 326 g/mol. The van der Waals surface area contributed by atoms with Crippen LogP contribution in [0, 0.1) is 11.3 Å². The van der Waals surface area contributed by atoms with Crippen LogP contribution < -0.4 is 0 Å². The van der Waals surface area contributed by atoms with E-state index >= 15 is 0 Å². The van der Waals surface area contributed by atoms with Crippen molar-refractivity contribution in [1.82, 2.24) is 9.38 Å². The maximum atomic E-state index is 9.14. The highest BCUT2D eigenvalue weighted by molar-refractivity contribution is 7.99. The van der Waals surface area contributed by atoms with Crippen molar-refractivity contribution in [1.29, 1.82) is 5.26 Å². The normalized spacial score (nSPS) is 10.9. The summed E-state index contributed by atoms with van der Waals surface area (Å²) in [5, 5.41) is 9.14. The number of aryl methyl sites for hydroxylation is 2. The molecule has 3 nitrogen and oxygen atoms in total. The van der Waals surface area contributed by atoms with Crippen LogP contribution in [0.1, 0.15) is 36.7 Å². The van der Waals surface area contributed by atoms with Crippen LogP contribution in [0.2, 0.25) is 0 Å². The van der Waals surface area contributed by atoms with Gasteiger partial charge >= 0.3 is 0 Å². The van der Waals surface area contributed by atoms with Crippen molar-refractivity contribution in [2.45, 2.75) is 43.9 Å². The number of hydrogen-bond donors (Lipinski definition) is 0. The molecule has 0 unspecified atom stereocenters. The van der Waals surface area contributed by atoms with E-state index in [0.717, 1.165) is 30.0 Å². The number of unbranched alkanes of at least 4 members (excludes halogenated alkanes) is 1. The molecule has 0 amide bonds. The summed E-state index contributed by atoms with van der Waals surface area (Å²) in [7, 11) is 0. The third-order valence-electron chi connectivity index (χ3n) is 4.31. The fraction of sp³-hybridized carbons (Fsp3) is 0.333. The van der Waals surface area contributed by atoms with Gasteiger partial charge in [0.15, 0.2) is 0 Å². The molecule has 0 aliphatic carbocycles. The van der Waals surface area contributed by atoms with Gasteiger partial charge in [0.1, 0.15) is 0 Å². The second-order valence-corrected chi connectivity index (χ2v) is 7.25. The number of nitrogens with zero attached hydrogens (tertiary/aromatic N) is 3. The minimum absolute atomic E-state index is 0.428. The van der Waals surface area contributed by atoms with Gasteiger partial charge in [-0.1, -0.05) is 43.7 Å². The first-order chi connectivity index (χ1) is 12.3. The standard InChI is InChI=1S/C21H23N3S/c1-2-3-15-25-20-16-18(11-12-22)24-14-13-23-19(21(20)24)10-9-17-7-5-4-6-8-17/h4-8,13-14,16H,2-3,9-11,15H2,1H3. The van der Waals surface area contributed by atoms with E-state index in [9.17, 15) is 0 Å². The first kappa shape index (κ1) is 17.6. The lowest BCUT2D eigenvalue weighted by atomic mass is 10.1. The molecule has 0 spiro atoms. The maximum Gasteiger partial charge on any atom is 0.0807 e. The van der Waals surface area contributed by atoms with Crippen LogP contribution in [0.3, 0.4) is 0 Å². The van der Waals surface area contributed by atoms with E-state index < -0.39 is 0 Å². The van der Waals surface area contributed by atoms with Gasteiger partial charge in [-0.25, -0.2) is 0 Å². The first-order valence-electron chi connectivity index (χ1n) is 8.85. The lowest BCUT2D eigenvalue weighted by molar-refractivity contribution is 0.893. The lowest BCUT2D eigenvalue weighted by Crippen LogP contribution is -2.00. The molecule has 4 heteroatoms. The molecule has 0 radical (unpaired) electrons. The van der Waals surface area contributed by atoms with E-state index in [1.165, 1.54) is 28.8 Å². The minimum Gasteiger partial charge on any atom is -0.316 e. The summed E-state index contributed by atoms with van der Waals surface area (Å²) in [6, 6.07) is 15.0. The van der Waals surface area contributed by atoms with Crippen molar-refractivity contribution in [3.8, 4) is 6.07 Å². The first-order valence-corrected chi connectivity index (χ1v) is 9.83. The fourth-order valence-corrected chi connectivity index (χ4v) is 4.22. The van der Waals surface area contributed by atoms with Crippen molar-refractivity contribution in [3.63, 3.8) is 0 Å². The second-order valence-electron chi connectivity index (χ2n) is 6.11. The van der Waals surface area contributed by atoms with Crippen molar-refractivity contribution in [2.24, 2.45) is 0 Å². The Balaban J connectivity index is 1.92. The van der Waals surface area contributed by atoms with Gasteiger partial charge in [0, 0.05) is 23.0 Å². The Labute approximate surface area is 153 Å². The average Bonchev–Trinajstić information content (AvgIpc) is 3.00. The van der Waals surface area contributed by atoms with Crippen molar-refractivity contribution < 1.29 is 0 Å². The number of rotatable bonds is 8. The number of fused-ring (bicyclic) bond motifs is 1. The third kappa shape index (κ3) is 4.24. The van der Waals surface area contributed by atoms with Crippen molar-refractivity contribution in [2.75, 3.05) is 5.75 Å². The Morgan fingerprint density at radius 3 is 2.80 bits per heavy atom. The fourth-order valence-electron chi connectivity index (χ4n) is 3.00. The van der Waals surface area contributed by atoms with Crippen molar-refractivity contribution in [3.05, 3.63) is 65.7 Å². The monoisotopic (exact) mass is 349 g/mol. The van der Waals surface area contributed by atoms with E-state index in [-0.39, 0.29) is 0 Å². The number of nitriles is 1. The molecule has 0 bridgehead atoms. The Bertz CT molecular complexity index is 862. The molecule has 0 aliphatic rings. The smallest absolute Gasteiger partial charge is 0.0807 e. The van der Waals surface area contributed by atoms with Crippen LogP contribution in [-0.2, 0) is 19.3 Å². The number of hydrogen-bond acceptors (Lipinski definition) is 3. The summed E-state index contributed by atoms with van der Waals surface area (Å²) in [4.78, 5) is 5.93. The molecule has 2 heterocycles. The highest BCUT2D eigenvalue weighted by atomic mass is 32.2. The highest BCUT2D eigenvalue weighted by Crippen LogP contribution is 2.30. The summed E-state index contributed by atoms with van der Waals surface area (Å²) >= 11 is 1.89. The SMILES string of the molecule is CCCCSc1cc(CC#N)n2ccnc(CCc3ccccc3)c12. The second kappa shape index (κ2) is 8.73. The van der Waals surface area contributed by atoms with Crippen molar-refractivity contribution >= 4 is 17.3 Å². The summed E-state index contributed by atoms with van der Waals surface area (Å²) in [5.41, 5.74) is 4.69. The average molecular weight is 350 g/mol. The zero-order chi connectivity index (χ0) is 17.5. The molecule has 128 valence electrons. The Hall–Kier alpha value is -2.25. The Kier molecular flexibility index (Phi) is 6.14. The zero-order valence-electron chi connectivity index (χ0n) is 14.6. The molecule has 25 heavy (non-hydrogen) atoms. The summed E-state index contributed by atoms with van der Waals surface area (Å²) in [6.07, 6.45) is 8.55. The van der Waals surface area contributed by atoms with Crippen LogP contribution >= 0.6 is 11.8 Å². The molecule has 0 saturated heterocycles. The van der Waals surface area contributed by atoms with Gasteiger partial charge in [0.05, 0.1) is 23.7 Å². The van der Waals surface area contributed by atoms with Crippen LogP contribution in [0.4, 0.5) is 0 Å². The molecule has 0 N–H and O–H groups in total. The molecular formula is C21H23N3S. The summed E-state index contributed by atoms with van der Waals surface area (Å²) in [5.74, 6) is 1.11. The van der Waals surface area contributed by atoms with Gasteiger partial charge in [-0.05, 0) is 36.6 Å². The van der Waals surface area contributed by atoms with Crippen LogP contribution in [-0.4, -0.2) is 15.1 Å². The molecule has 3 aromatic rings. The van der Waals surface area contributed by atoms with E-state index in [0.29, 0.717) is 6.42 Å². The topological polar surface area (TPSA) is 41.1 Å². The van der Waals surface area contributed by atoms with E-state index in [2.05, 4.69) is 52.7 Å². The van der Waals surface area contributed by atoms with E-state index in [1.807, 2.05) is 30.2 Å². The largest absolute Gasteiger partial charge is 0.316 e. The highest BCUT2D eigenvalue weighted by Gasteiger charge is 2.14. The van der Waals surface area contributed by atoms with Crippen LogP contribution in [0.15, 0.2) is 53.7 Å². The number of aromatic nitrogens is 2. The molecule has 2 aromatic heterocycles. The number of benzene rings is 1. The van der Waals surface area contributed by atoms with Gasteiger partial charge in [0.2, 0.25) is 0 Å². The van der Waals surface area contributed by atoms with Gasteiger partial charge in [0.25, 0.3) is 0 Å². The molecule has 1 aromatic carbocycles. The maximum absolute atomic E-state index is 9.14. The van der Waals surface area contributed by atoms with Gasteiger partial charge in [-0.3, -0.25) is 4.98 Å². The lowest BCUT2D eigenvalue weighted by Gasteiger charge is -2.08. The third-order valence-corrected chi connectivity index (χ3v) is 5.42. The molecule has 0 atom stereocenters. The predicted molar refractivity (Wildman–Crippen MR) is 104 cm³/mol. The Morgan fingerprint density at radius 2 is 2.04 bits per heavy atom. The predicted octanol–water partition coefficient (Wildman–Crippen LogP) is 5.08. The van der Waals surface area contributed by atoms with E-state index in [4.69, 9.17) is 5.26 Å². The quantitative estimate of drug-likeness (QED) is 0.421. The minimum atomic E-state index is 0.428. The van der Waals surface area contributed by atoms with Crippen LogP contribution in [0.5, 0.6) is 0 Å². The molecule has 0 fully saturated rings. The van der Waals surface area contributed by atoms with Gasteiger partial charge in [-0.15, -0.1) is 11.8 Å². The summed E-state index contributed by atoms with van der Waals surface area (Å²) < 4.78 is 2.16. The van der Waals surface area contributed by atoms with E-state index in [1.54, 1.807) is 0 Å².